The van der Waals surface area contributed by atoms with E-state index in [1.54, 1.807) is 0 Å². The topological polar surface area (TPSA) is 16.1 Å². The van der Waals surface area contributed by atoms with Crippen molar-refractivity contribution in [2.24, 2.45) is 0 Å². The van der Waals surface area contributed by atoms with Gasteiger partial charge >= 0.3 is 0 Å². The Balaban J connectivity index is 2.05. The van der Waals surface area contributed by atoms with Gasteiger partial charge in [0.1, 0.15) is 0 Å². The summed E-state index contributed by atoms with van der Waals surface area (Å²) in [6.07, 6.45) is 4.35. The Morgan fingerprint density at radius 3 is 3.06 bits per heavy atom. The van der Waals surface area contributed by atoms with Crippen molar-refractivity contribution in [1.29, 1.82) is 0 Å². The molecule has 1 saturated heterocycles. The number of anilines is 1. The molecule has 1 aliphatic heterocycles. The molecule has 0 amide bonds. The Bertz CT molecular complexity index is 573. The first kappa shape index (κ1) is 12.2. The fourth-order valence-electron chi connectivity index (χ4n) is 2.53. The third-order valence-corrected chi connectivity index (χ3v) is 4.37. The Morgan fingerprint density at radius 1 is 1.33 bits per heavy atom. The molecule has 0 radical (unpaired) electrons. The van der Waals surface area contributed by atoms with E-state index in [2.05, 4.69) is 37.9 Å². The van der Waals surface area contributed by atoms with Gasteiger partial charge in [0.15, 0.2) is 0 Å². The number of pyridine rings is 1. The van der Waals surface area contributed by atoms with Crippen LogP contribution >= 0.6 is 27.5 Å². The van der Waals surface area contributed by atoms with Crippen molar-refractivity contribution in [2.75, 3.05) is 18.0 Å². The quantitative estimate of drug-likeness (QED) is 0.729. The molecule has 2 aromatic rings. The van der Waals surface area contributed by atoms with Crippen molar-refractivity contribution in [2.45, 2.75) is 17.7 Å². The number of halogens is 2. The van der Waals surface area contributed by atoms with Gasteiger partial charge in [-0.2, -0.15) is 0 Å². The lowest BCUT2D eigenvalue weighted by Crippen LogP contribution is -2.35. The van der Waals surface area contributed by atoms with Crippen LogP contribution in [0.15, 0.2) is 30.5 Å². The number of aromatic nitrogens is 1. The Kier molecular flexibility index (Phi) is 3.44. The molecule has 0 bridgehead atoms. The molecule has 3 rings (SSSR count). The van der Waals surface area contributed by atoms with Gasteiger partial charge in [-0.25, -0.2) is 0 Å². The molecule has 1 atom stereocenters. The van der Waals surface area contributed by atoms with E-state index in [1.165, 1.54) is 23.9 Å². The highest BCUT2D eigenvalue weighted by Gasteiger charge is 2.19. The van der Waals surface area contributed by atoms with Crippen LogP contribution in [0.3, 0.4) is 0 Å². The summed E-state index contributed by atoms with van der Waals surface area (Å²) < 4.78 is 0. The van der Waals surface area contributed by atoms with E-state index in [0.29, 0.717) is 4.83 Å². The zero-order valence-electron chi connectivity index (χ0n) is 9.94. The van der Waals surface area contributed by atoms with E-state index in [1.807, 2.05) is 18.3 Å². The molecule has 2 nitrogen and oxygen atoms in total. The zero-order valence-corrected chi connectivity index (χ0v) is 12.3. The summed E-state index contributed by atoms with van der Waals surface area (Å²) in [4.78, 5) is 7.41. The maximum Gasteiger partial charge on any atom is 0.0737 e. The summed E-state index contributed by atoms with van der Waals surface area (Å²) in [6.45, 7) is 2.17. The van der Waals surface area contributed by atoms with Gasteiger partial charge in [0.05, 0.1) is 5.52 Å². The molecule has 0 aliphatic carbocycles. The van der Waals surface area contributed by atoms with Gasteiger partial charge in [-0.05, 0) is 37.1 Å². The number of rotatable bonds is 1. The van der Waals surface area contributed by atoms with Crippen molar-refractivity contribution in [3.8, 4) is 0 Å². The molecule has 1 aromatic heterocycles. The highest BCUT2D eigenvalue weighted by Crippen LogP contribution is 2.30. The smallest absolute Gasteiger partial charge is 0.0737 e. The molecule has 2 heterocycles. The van der Waals surface area contributed by atoms with Crippen LogP contribution in [0, 0.1) is 0 Å². The third-order valence-electron chi connectivity index (χ3n) is 3.39. The van der Waals surface area contributed by atoms with Crippen molar-refractivity contribution >= 4 is 44.1 Å². The normalized spacial score (nSPS) is 20.3. The van der Waals surface area contributed by atoms with Gasteiger partial charge in [0.2, 0.25) is 0 Å². The number of piperidine rings is 1. The number of fused-ring (bicyclic) bond motifs is 1. The number of benzene rings is 1. The van der Waals surface area contributed by atoms with Gasteiger partial charge in [0, 0.05) is 40.2 Å². The lowest BCUT2D eigenvalue weighted by Gasteiger charge is -2.32. The highest BCUT2D eigenvalue weighted by atomic mass is 79.9. The maximum absolute atomic E-state index is 6.02. The molecular formula is C14H14BrClN2. The first-order chi connectivity index (χ1) is 8.74. The monoisotopic (exact) mass is 324 g/mol. The van der Waals surface area contributed by atoms with E-state index >= 15 is 0 Å². The van der Waals surface area contributed by atoms with E-state index in [0.717, 1.165) is 23.6 Å². The highest BCUT2D eigenvalue weighted by molar-refractivity contribution is 9.09. The Labute approximate surface area is 120 Å². The molecule has 1 unspecified atom stereocenters. The van der Waals surface area contributed by atoms with Crippen LogP contribution in [0.2, 0.25) is 5.02 Å². The largest absolute Gasteiger partial charge is 0.370 e. The number of nitrogens with zero attached hydrogens (tertiary/aromatic N) is 2. The van der Waals surface area contributed by atoms with Crippen LogP contribution in [0.1, 0.15) is 12.8 Å². The summed E-state index contributed by atoms with van der Waals surface area (Å²) in [6, 6.07) is 8.03. The minimum absolute atomic E-state index is 0.585. The lowest BCUT2D eigenvalue weighted by molar-refractivity contribution is 0.597. The number of hydrogen-bond donors (Lipinski definition) is 0. The summed E-state index contributed by atoms with van der Waals surface area (Å²) >= 11 is 9.74. The number of alkyl halides is 1. The summed E-state index contributed by atoms with van der Waals surface area (Å²) in [7, 11) is 0. The lowest BCUT2D eigenvalue weighted by atomic mass is 10.1. The minimum atomic E-state index is 0.585. The van der Waals surface area contributed by atoms with E-state index in [4.69, 9.17) is 11.6 Å². The first-order valence-corrected chi connectivity index (χ1v) is 7.47. The molecular weight excluding hydrogens is 312 g/mol. The maximum atomic E-state index is 6.02. The van der Waals surface area contributed by atoms with E-state index in [9.17, 15) is 0 Å². The van der Waals surface area contributed by atoms with Crippen molar-refractivity contribution in [3.05, 3.63) is 35.5 Å². The summed E-state index contributed by atoms with van der Waals surface area (Å²) in [5.41, 5.74) is 2.23. The molecule has 18 heavy (non-hydrogen) atoms. The van der Waals surface area contributed by atoms with Crippen LogP contribution in [0.25, 0.3) is 10.9 Å². The second kappa shape index (κ2) is 5.06. The predicted octanol–water partition coefficient (Wildman–Crippen LogP) is 4.25. The first-order valence-electron chi connectivity index (χ1n) is 6.17. The SMILES string of the molecule is Clc1ccc2c(N3CCCC(Br)C3)ccnc2c1. The second-order valence-corrected chi connectivity index (χ2v) is 6.41. The third kappa shape index (κ3) is 2.34. The van der Waals surface area contributed by atoms with E-state index in [-0.39, 0.29) is 0 Å². The average Bonchev–Trinajstić information content (AvgIpc) is 2.37. The van der Waals surface area contributed by atoms with Crippen molar-refractivity contribution in [3.63, 3.8) is 0 Å². The fourth-order valence-corrected chi connectivity index (χ4v) is 3.37. The Hall–Kier alpha value is -0.800. The van der Waals surface area contributed by atoms with Crippen LogP contribution < -0.4 is 4.90 Å². The fraction of sp³-hybridized carbons (Fsp3) is 0.357. The minimum Gasteiger partial charge on any atom is -0.370 e. The van der Waals surface area contributed by atoms with Gasteiger partial charge in [-0.1, -0.05) is 27.5 Å². The molecule has 1 aliphatic rings. The van der Waals surface area contributed by atoms with Gasteiger partial charge in [0.25, 0.3) is 0 Å². The summed E-state index contributed by atoms with van der Waals surface area (Å²) in [5, 5.41) is 1.92. The van der Waals surface area contributed by atoms with Crippen molar-refractivity contribution in [1.82, 2.24) is 4.98 Å². The van der Waals surface area contributed by atoms with Crippen LogP contribution in [-0.2, 0) is 0 Å². The predicted molar refractivity (Wildman–Crippen MR) is 80.9 cm³/mol. The van der Waals surface area contributed by atoms with E-state index < -0.39 is 0 Å². The summed E-state index contributed by atoms with van der Waals surface area (Å²) in [5.74, 6) is 0. The molecule has 1 aromatic carbocycles. The van der Waals surface area contributed by atoms with Crippen LogP contribution in [0.5, 0.6) is 0 Å². The molecule has 0 spiro atoms. The van der Waals surface area contributed by atoms with Crippen LogP contribution in [0.4, 0.5) is 5.69 Å². The van der Waals surface area contributed by atoms with Gasteiger partial charge < -0.3 is 4.90 Å². The van der Waals surface area contributed by atoms with Gasteiger partial charge in [-0.15, -0.1) is 0 Å². The second-order valence-electron chi connectivity index (χ2n) is 4.68. The van der Waals surface area contributed by atoms with Crippen LogP contribution in [-0.4, -0.2) is 22.9 Å². The van der Waals surface area contributed by atoms with Crippen molar-refractivity contribution < 1.29 is 0 Å². The average molecular weight is 326 g/mol. The molecule has 1 fully saturated rings. The van der Waals surface area contributed by atoms with Gasteiger partial charge in [-0.3, -0.25) is 4.98 Å². The molecule has 94 valence electrons. The zero-order chi connectivity index (χ0) is 12.5. The Morgan fingerprint density at radius 2 is 2.22 bits per heavy atom. The standard InChI is InChI=1S/C14H14BrClN2/c15-10-2-1-7-18(9-10)14-5-6-17-13-8-11(16)3-4-12(13)14/h3-6,8,10H,1-2,7,9H2. The molecule has 0 saturated carbocycles. The molecule has 4 heteroatoms. The molecule has 0 N–H and O–H groups in total. The number of hydrogen-bond acceptors (Lipinski definition) is 2.